The first-order valence-corrected chi connectivity index (χ1v) is 9.03. The number of carbonyl (C=O) groups excluding carboxylic acids is 1. The van der Waals surface area contributed by atoms with E-state index in [4.69, 9.17) is 16.3 Å². The topological polar surface area (TPSA) is 64.1 Å². The molecule has 1 amide bonds. The molecular weight excluding hydrogens is 338 g/mol. The van der Waals surface area contributed by atoms with Gasteiger partial charge in [-0.15, -0.1) is 0 Å². The van der Waals surface area contributed by atoms with Crippen LogP contribution in [0.3, 0.4) is 0 Å². The van der Waals surface area contributed by atoms with Gasteiger partial charge in [0.05, 0.1) is 6.20 Å². The summed E-state index contributed by atoms with van der Waals surface area (Å²) in [5, 5.41) is 3.84. The molecule has 1 saturated carbocycles. The number of nitrogens with one attached hydrogen (secondary N) is 1. The fourth-order valence-corrected chi connectivity index (χ4v) is 3.31. The van der Waals surface area contributed by atoms with Gasteiger partial charge in [-0.1, -0.05) is 23.7 Å². The number of benzene rings is 1. The smallest absolute Gasteiger partial charge is 0.232 e. The summed E-state index contributed by atoms with van der Waals surface area (Å²) in [7, 11) is 0. The van der Waals surface area contributed by atoms with Crippen LogP contribution in [0.15, 0.2) is 42.9 Å². The summed E-state index contributed by atoms with van der Waals surface area (Å²) in [5.74, 6) is 0.662. The van der Waals surface area contributed by atoms with Gasteiger partial charge in [-0.2, -0.15) is 0 Å². The molecule has 0 spiro atoms. The minimum absolute atomic E-state index is 0.0956. The molecule has 5 nitrogen and oxygen atoms in total. The van der Waals surface area contributed by atoms with E-state index >= 15 is 0 Å². The highest BCUT2D eigenvalue weighted by atomic mass is 35.5. The molecule has 3 rings (SSSR count). The van der Waals surface area contributed by atoms with Gasteiger partial charge in [-0.3, -0.25) is 9.78 Å². The lowest BCUT2D eigenvalue weighted by Crippen LogP contribution is -2.39. The molecular formula is C19H22ClN3O2. The number of ether oxygens (including phenoxy) is 1. The van der Waals surface area contributed by atoms with Crippen molar-refractivity contribution in [1.29, 1.82) is 0 Å². The van der Waals surface area contributed by atoms with Crippen molar-refractivity contribution in [2.24, 2.45) is 0 Å². The molecule has 0 unspecified atom stereocenters. The van der Waals surface area contributed by atoms with Crippen LogP contribution in [-0.2, 0) is 11.2 Å². The van der Waals surface area contributed by atoms with Crippen LogP contribution in [0.25, 0.3) is 0 Å². The number of halogens is 1. The van der Waals surface area contributed by atoms with Gasteiger partial charge in [0, 0.05) is 29.9 Å². The van der Waals surface area contributed by atoms with Crippen LogP contribution in [0.2, 0.25) is 5.02 Å². The average molecular weight is 360 g/mol. The van der Waals surface area contributed by atoms with Crippen LogP contribution in [0.5, 0.6) is 5.88 Å². The maximum absolute atomic E-state index is 12.1. The molecule has 0 atom stereocenters. The second-order valence-corrected chi connectivity index (χ2v) is 6.77. The lowest BCUT2D eigenvalue weighted by molar-refractivity contribution is -0.122. The monoisotopic (exact) mass is 359 g/mol. The van der Waals surface area contributed by atoms with Gasteiger partial charge in [0.25, 0.3) is 0 Å². The summed E-state index contributed by atoms with van der Waals surface area (Å²) < 4.78 is 5.83. The Morgan fingerprint density at radius 1 is 1.24 bits per heavy atom. The SMILES string of the molecule is O=C(CCc1cccc(Cl)c1)NC1CCC(Oc2cnccn2)CC1. The van der Waals surface area contributed by atoms with E-state index in [0.717, 1.165) is 31.2 Å². The highest BCUT2D eigenvalue weighted by Crippen LogP contribution is 2.22. The first kappa shape index (κ1) is 17.7. The molecule has 1 aliphatic rings. The summed E-state index contributed by atoms with van der Waals surface area (Å²) in [6.07, 6.45) is 9.89. The number of aromatic nitrogens is 2. The van der Waals surface area contributed by atoms with E-state index in [-0.39, 0.29) is 18.1 Å². The van der Waals surface area contributed by atoms with Crippen molar-refractivity contribution in [2.45, 2.75) is 50.7 Å². The molecule has 1 heterocycles. The van der Waals surface area contributed by atoms with E-state index in [2.05, 4.69) is 15.3 Å². The molecule has 1 aromatic carbocycles. The Bertz CT molecular complexity index is 688. The number of hydrogen-bond acceptors (Lipinski definition) is 4. The normalized spacial score (nSPS) is 20.0. The Labute approximate surface area is 152 Å². The summed E-state index contributed by atoms with van der Waals surface area (Å²) in [6.45, 7) is 0. The highest BCUT2D eigenvalue weighted by Gasteiger charge is 2.23. The van der Waals surface area contributed by atoms with E-state index in [0.29, 0.717) is 23.7 Å². The Morgan fingerprint density at radius 3 is 2.80 bits per heavy atom. The number of rotatable bonds is 6. The largest absolute Gasteiger partial charge is 0.473 e. The van der Waals surface area contributed by atoms with Crippen molar-refractivity contribution >= 4 is 17.5 Å². The molecule has 1 fully saturated rings. The standard InChI is InChI=1S/C19H22ClN3O2/c20-15-3-1-2-14(12-15)4-9-18(24)23-16-5-7-17(8-6-16)25-19-13-21-10-11-22-19/h1-3,10-13,16-17H,4-9H2,(H,23,24). The third-order valence-electron chi connectivity index (χ3n) is 4.40. The first-order chi connectivity index (χ1) is 12.2. The van der Waals surface area contributed by atoms with Crippen LogP contribution in [0, 0.1) is 0 Å². The zero-order valence-electron chi connectivity index (χ0n) is 14.0. The van der Waals surface area contributed by atoms with Crippen LogP contribution in [0.1, 0.15) is 37.7 Å². The molecule has 132 valence electrons. The predicted octanol–water partition coefficient (Wildman–Crippen LogP) is 3.57. The third-order valence-corrected chi connectivity index (χ3v) is 4.63. The van der Waals surface area contributed by atoms with Crippen molar-refractivity contribution < 1.29 is 9.53 Å². The molecule has 1 aliphatic carbocycles. The Hall–Kier alpha value is -2.14. The maximum atomic E-state index is 12.1. The predicted molar refractivity (Wildman–Crippen MR) is 96.6 cm³/mol. The summed E-state index contributed by atoms with van der Waals surface area (Å²) in [4.78, 5) is 20.3. The van der Waals surface area contributed by atoms with Gasteiger partial charge in [-0.25, -0.2) is 4.98 Å². The molecule has 25 heavy (non-hydrogen) atoms. The minimum atomic E-state index is 0.0956. The van der Waals surface area contributed by atoms with Crippen LogP contribution in [0.4, 0.5) is 0 Å². The van der Waals surface area contributed by atoms with Crippen molar-refractivity contribution in [2.75, 3.05) is 0 Å². The Morgan fingerprint density at radius 2 is 2.08 bits per heavy atom. The zero-order valence-corrected chi connectivity index (χ0v) is 14.8. The first-order valence-electron chi connectivity index (χ1n) is 8.65. The molecule has 0 bridgehead atoms. The van der Waals surface area contributed by atoms with Gasteiger partial charge < -0.3 is 10.1 Å². The lowest BCUT2D eigenvalue weighted by atomic mass is 9.92. The number of carbonyl (C=O) groups is 1. The molecule has 1 N–H and O–H groups in total. The number of amides is 1. The third kappa shape index (κ3) is 5.71. The van der Waals surface area contributed by atoms with Gasteiger partial charge in [0.1, 0.15) is 6.10 Å². The fraction of sp³-hybridized carbons (Fsp3) is 0.421. The van der Waals surface area contributed by atoms with Gasteiger partial charge in [-0.05, 0) is 49.8 Å². The lowest BCUT2D eigenvalue weighted by Gasteiger charge is -2.29. The molecule has 2 aromatic rings. The number of hydrogen-bond donors (Lipinski definition) is 1. The quantitative estimate of drug-likeness (QED) is 0.856. The fourth-order valence-electron chi connectivity index (χ4n) is 3.09. The van der Waals surface area contributed by atoms with E-state index < -0.39 is 0 Å². The summed E-state index contributed by atoms with van der Waals surface area (Å²) in [5.41, 5.74) is 1.09. The molecule has 6 heteroatoms. The van der Waals surface area contributed by atoms with E-state index in [9.17, 15) is 4.79 Å². The van der Waals surface area contributed by atoms with E-state index in [1.54, 1.807) is 18.6 Å². The van der Waals surface area contributed by atoms with Crippen molar-refractivity contribution in [1.82, 2.24) is 15.3 Å². The second-order valence-electron chi connectivity index (χ2n) is 6.33. The second kappa shape index (κ2) is 8.81. The molecule has 0 aliphatic heterocycles. The zero-order chi connectivity index (χ0) is 17.5. The van der Waals surface area contributed by atoms with Gasteiger partial charge in [0.2, 0.25) is 11.8 Å². The van der Waals surface area contributed by atoms with Crippen molar-refractivity contribution in [3.8, 4) is 5.88 Å². The number of nitrogens with zero attached hydrogens (tertiary/aromatic N) is 2. The Kier molecular flexibility index (Phi) is 6.23. The van der Waals surface area contributed by atoms with Gasteiger partial charge >= 0.3 is 0 Å². The minimum Gasteiger partial charge on any atom is -0.473 e. The molecule has 0 saturated heterocycles. The van der Waals surface area contributed by atoms with Crippen molar-refractivity contribution in [3.63, 3.8) is 0 Å². The summed E-state index contributed by atoms with van der Waals surface area (Å²) >= 11 is 5.97. The Balaban J connectivity index is 1.37. The van der Waals surface area contributed by atoms with E-state index in [1.807, 2.05) is 24.3 Å². The molecule has 1 aromatic heterocycles. The van der Waals surface area contributed by atoms with Crippen LogP contribution >= 0.6 is 11.6 Å². The number of aryl methyl sites for hydroxylation is 1. The van der Waals surface area contributed by atoms with Crippen LogP contribution in [-0.4, -0.2) is 28.0 Å². The van der Waals surface area contributed by atoms with Crippen LogP contribution < -0.4 is 10.1 Å². The highest BCUT2D eigenvalue weighted by molar-refractivity contribution is 6.30. The molecule has 0 radical (unpaired) electrons. The maximum Gasteiger partial charge on any atom is 0.232 e. The van der Waals surface area contributed by atoms with Gasteiger partial charge in [0.15, 0.2) is 0 Å². The average Bonchev–Trinajstić information content (AvgIpc) is 2.63. The van der Waals surface area contributed by atoms with Crippen molar-refractivity contribution in [3.05, 3.63) is 53.4 Å². The van der Waals surface area contributed by atoms with E-state index in [1.165, 1.54) is 0 Å². The summed E-state index contributed by atoms with van der Waals surface area (Å²) in [6, 6.07) is 7.88.